The van der Waals surface area contributed by atoms with Gasteiger partial charge in [0.2, 0.25) is 0 Å². The summed E-state index contributed by atoms with van der Waals surface area (Å²) in [5.41, 5.74) is 10.1. The van der Waals surface area contributed by atoms with Gasteiger partial charge in [-0.15, -0.1) is 11.3 Å². The van der Waals surface area contributed by atoms with Crippen LogP contribution in [0, 0.1) is 12.3 Å². The molecule has 0 aliphatic rings. The number of nitrogens with one attached hydrogen (secondary N) is 1. The predicted molar refractivity (Wildman–Crippen MR) is 115 cm³/mol. The Kier molecular flexibility index (Phi) is 5.78. The minimum absolute atomic E-state index is 0.167. The van der Waals surface area contributed by atoms with E-state index in [1.807, 2.05) is 12.3 Å². The molecular formula is C20H22N3O2PS. The van der Waals surface area contributed by atoms with Gasteiger partial charge in [0.1, 0.15) is 4.75 Å². The van der Waals surface area contributed by atoms with Gasteiger partial charge in [0.25, 0.3) is 0 Å². The van der Waals surface area contributed by atoms with Crippen molar-refractivity contribution >= 4 is 36.1 Å². The molecule has 2 atom stereocenters. The molecule has 140 valence electrons. The van der Waals surface area contributed by atoms with E-state index >= 15 is 0 Å². The molecule has 0 saturated carbocycles. The average molecular weight is 399 g/mol. The fourth-order valence-corrected chi connectivity index (χ4v) is 5.41. The van der Waals surface area contributed by atoms with E-state index in [0.717, 1.165) is 16.0 Å². The maximum absolute atomic E-state index is 9.97. The molecule has 2 aromatic carbocycles. The van der Waals surface area contributed by atoms with E-state index < -0.39 is 0 Å². The van der Waals surface area contributed by atoms with E-state index in [9.17, 15) is 10.2 Å². The first-order chi connectivity index (χ1) is 12.8. The lowest BCUT2D eigenvalue weighted by Crippen LogP contribution is -2.11. The summed E-state index contributed by atoms with van der Waals surface area (Å²) in [4.78, 5) is 4.52. The Morgan fingerprint density at radius 2 is 1.89 bits per heavy atom. The lowest BCUT2D eigenvalue weighted by molar-refractivity contribution is 0.403. The Hall–Kier alpha value is -2.43. The SMILES string of the molecule is Cc1csc(PC(C)Cc2cc(O)c(O)cc2C(=N)c2ccc(N)cc2)n1. The van der Waals surface area contributed by atoms with E-state index in [1.165, 1.54) is 6.07 Å². The summed E-state index contributed by atoms with van der Waals surface area (Å²) < 4.78 is 1.11. The van der Waals surface area contributed by atoms with Crippen LogP contribution in [0.1, 0.15) is 29.3 Å². The van der Waals surface area contributed by atoms with Crippen molar-refractivity contribution in [3.63, 3.8) is 0 Å². The number of nitrogens with zero attached hydrogens (tertiary/aromatic N) is 1. The van der Waals surface area contributed by atoms with Crippen molar-refractivity contribution in [1.29, 1.82) is 5.41 Å². The van der Waals surface area contributed by atoms with Crippen LogP contribution in [0.15, 0.2) is 41.8 Å². The second-order valence-electron chi connectivity index (χ2n) is 6.54. The van der Waals surface area contributed by atoms with Crippen LogP contribution in [-0.4, -0.2) is 26.6 Å². The quantitative estimate of drug-likeness (QED) is 0.219. The Morgan fingerprint density at radius 1 is 1.22 bits per heavy atom. The van der Waals surface area contributed by atoms with Crippen molar-refractivity contribution in [2.75, 3.05) is 5.73 Å². The third-order valence-electron chi connectivity index (χ3n) is 4.18. The van der Waals surface area contributed by atoms with Crippen molar-refractivity contribution in [3.05, 3.63) is 64.2 Å². The third-order valence-corrected chi connectivity index (χ3v) is 6.72. The molecule has 0 amide bonds. The van der Waals surface area contributed by atoms with Gasteiger partial charge in [0.05, 0.1) is 5.71 Å². The zero-order chi connectivity index (χ0) is 19.6. The number of aryl methyl sites for hydroxylation is 1. The minimum atomic E-state index is -0.223. The zero-order valence-electron chi connectivity index (χ0n) is 15.2. The van der Waals surface area contributed by atoms with Crippen molar-refractivity contribution in [3.8, 4) is 11.5 Å². The number of nitrogens with two attached hydrogens (primary N) is 1. The largest absolute Gasteiger partial charge is 0.504 e. The molecule has 7 heteroatoms. The van der Waals surface area contributed by atoms with E-state index in [2.05, 4.69) is 11.9 Å². The summed E-state index contributed by atoms with van der Waals surface area (Å²) in [5, 5.41) is 30.6. The molecule has 2 unspecified atom stereocenters. The normalized spacial score (nSPS) is 12.5. The van der Waals surface area contributed by atoms with E-state index in [-0.39, 0.29) is 11.5 Å². The van der Waals surface area contributed by atoms with Gasteiger partial charge < -0.3 is 15.9 Å². The number of aromatic hydroxyl groups is 2. The Morgan fingerprint density at radius 3 is 2.52 bits per heavy atom. The molecule has 5 nitrogen and oxygen atoms in total. The van der Waals surface area contributed by atoms with Crippen LogP contribution in [-0.2, 0) is 6.42 Å². The fourth-order valence-electron chi connectivity index (χ4n) is 2.84. The second-order valence-corrected chi connectivity index (χ2v) is 9.51. The van der Waals surface area contributed by atoms with E-state index in [4.69, 9.17) is 11.1 Å². The summed E-state index contributed by atoms with van der Waals surface area (Å²) in [5.74, 6) is -0.390. The number of rotatable bonds is 6. The molecule has 1 aromatic heterocycles. The van der Waals surface area contributed by atoms with Crippen molar-refractivity contribution in [2.24, 2.45) is 0 Å². The smallest absolute Gasteiger partial charge is 0.158 e. The van der Waals surface area contributed by atoms with Crippen LogP contribution in [0.4, 0.5) is 5.69 Å². The maximum atomic E-state index is 9.97. The van der Waals surface area contributed by atoms with Gasteiger partial charge in [-0.2, -0.15) is 0 Å². The molecule has 27 heavy (non-hydrogen) atoms. The summed E-state index contributed by atoms with van der Waals surface area (Å²) >= 11 is 1.66. The number of hydrogen-bond acceptors (Lipinski definition) is 6. The van der Waals surface area contributed by atoms with Gasteiger partial charge in [-0.25, -0.2) is 4.98 Å². The molecule has 3 aromatic rings. The first-order valence-electron chi connectivity index (χ1n) is 8.52. The molecule has 1 heterocycles. The highest BCUT2D eigenvalue weighted by molar-refractivity contribution is 7.56. The molecule has 0 bridgehead atoms. The lowest BCUT2D eigenvalue weighted by Gasteiger charge is -2.16. The number of benzene rings is 2. The van der Waals surface area contributed by atoms with Crippen molar-refractivity contribution in [1.82, 2.24) is 4.98 Å². The Balaban J connectivity index is 1.88. The first-order valence-corrected chi connectivity index (χ1v) is 10.5. The van der Waals surface area contributed by atoms with Crippen LogP contribution in [0.3, 0.4) is 0 Å². The Bertz CT molecular complexity index is 970. The molecule has 5 N–H and O–H groups in total. The second kappa shape index (κ2) is 8.07. The number of aromatic nitrogens is 1. The average Bonchev–Trinajstić information content (AvgIpc) is 3.02. The van der Waals surface area contributed by atoms with E-state index in [1.54, 1.807) is 41.7 Å². The van der Waals surface area contributed by atoms with Crippen LogP contribution < -0.4 is 10.5 Å². The van der Waals surface area contributed by atoms with Crippen LogP contribution >= 0.6 is 19.9 Å². The van der Waals surface area contributed by atoms with Gasteiger partial charge in [-0.1, -0.05) is 27.6 Å². The summed E-state index contributed by atoms with van der Waals surface area (Å²) in [6.07, 6.45) is 0.678. The number of thiazole rings is 1. The third kappa shape index (κ3) is 4.65. The summed E-state index contributed by atoms with van der Waals surface area (Å²) in [6, 6.07) is 10.1. The van der Waals surface area contributed by atoms with Crippen molar-refractivity contribution < 1.29 is 10.2 Å². The molecule has 0 saturated heterocycles. The number of anilines is 1. The van der Waals surface area contributed by atoms with Gasteiger partial charge >= 0.3 is 0 Å². The predicted octanol–water partition coefficient (Wildman–Crippen LogP) is 3.80. The zero-order valence-corrected chi connectivity index (χ0v) is 17.0. The van der Waals surface area contributed by atoms with Gasteiger partial charge in [-0.3, -0.25) is 5.41 Å². The van der Waals surface area contributed by atoms with Crippen LogP contribution in [0.25, 0.3) is 0 Å². The number of phenols is 2. The monoisotopic (exact) mass is 399 g/mol. The fraction of sp³-hybridized carbons (Fsp3) is 0.200. The molecule has 0 fully saturated rings. The van der Waals surface area contributed by atoms with E-state index in [0.29, 0.717) is 43.2 Å². The minimum Gasteiger partial charge on any atom is -0.504 e. The molecule has 0 aliphatic heterocycles. The van der Waals surface area contributed by atoms with Gasteiger partial charge in [0.15, 0.2) is 11.5 Å². The van der Waals surface area contributed by atoms with Crippen molar-refractivity contribution in [2.45, 2.75) is 25.9 Å². The van der Waals surface area contributed by atoms with Crippen LogP contribution in [0.5, 0.6) is 11.5 Å². The first kappa shape index (κ1) is 19.3. The Labute approximate surface area is 164 Å². The topological polar surface area (TPSA) is 103 Å². The molecular weight excluding hydrogens is 377 g/mol. The number of hydrogen-bond donors (Lipinski definition) is 4. The van der Waals surface area contributed by atoms with Crippen LogP contribution in [0.2, 0.25) is 0 Å². The highest BCUT2D eigenvalue weighted by Crippen LogP contribution is 2.33. The summed E-state index contributed by atoms with van der Waals surface area (Å²) in [7, 11) is 0.550. The molecule has 0 spiro atoms. The van der Waals surface area contributed by atoms with Gasteiger partial charge in [0, 0.05) is 27.9 Å². The van der Waals surface area contributed by atoms with Gasteiger partial charge in [-0.05, 0) is 48.8 Å². The number of phenolic OH excluding ortho intramolecular Hbond substituents is 2. The summed E-state index contributed by atoms with van der Waals surface area (Å²) in [6.45, 7) is 4.12. The highest BCUT2D eigenvalue weighted by Gasteiger charge is 2.17. The maximum Gasteiger partial charge on any atom is 0.158 e. The molecule has 0 aliphatic carbocycles. The number of nitrogen functional groups attached to an aromatic ring is 1. The molecule has 0 radical (unpaired) electrons. The highest BCUT2D eigenvalue weighted by atomic mass is 32.1. The standard InChI is InChI=1S/C20H22N3O2PS/c1-11-10-27-20(23-11)26-12(2)7-14-8-17(24)18(25)9-16(14)19(22)13-3-5-15(21)6-4-13/h3-6,8-10,12,22,24-26H,7,21H2,1-2H3. The molecule has 3 rings (SSSR count). The lowest BCUT2D eigenvalue weighted by atomic mass is 9.94.